The number of benzene rings is 1. The van der Waals surface area contributed by atoms with Gasteiger partial charge in [-0.1, -0.05) is 20.8 Å². The highest BCUT2D eigenvalue weighted by Gasteiger charge is 2.24. The summed E-state index contributed by atoms with van der Waals surface area (Å²) >= 11 is 0. The highest BCUT2D eigenvalue weighted by Crippen LogP contribution is 2.28. The summed E-state index contributed by atoms with van der Waals surface area (Å²) in [6.07, 6.45) is 0. The second kappa shape index (κ2) is 5.70. The van der Waals surface area contributed by atoms with Crippen LogP contribution in [0.4, 0.5) is 10.1 Å². The predicted octanol–water partition coefficient (Wildman–Crippen LogP) is 3.42. The minimum absolute atomic E-state index is 0.157. The molecule has 1 rings (SSSR count). The SMILES string of the molecule is CNCc1cc(F)cc(N(C)C(C)C(C)(C)C)c1. The van der Waals surface area contributed by atoms with Gasteiger partial charge in [-0.25, -0.2) is 4.39 Å². The van der Waals surface area contributed by atoms with Gasteiger partial charge in [0, 0.05) is 25.3 Å². The van der Waals surface area contributed by atoms with Crippen LogP contribution in [0.2, 0.25) is 0 Å². The van der Waals surface area contributed by atoms with Crippen LogP contribution in [-0.4, -0.2) is 20.1 Å². The second-order valence-corrected chi connectivity index (χ2v) is 6.00. The Hall–Kier alpha value is -1.09. The van der Waals surface area contributed by atoms with E-state index in [1.807, 2.05) is 20.2 Å². The van der Waals surface area contributed by atoms with E-state index in [4.69, 9.17) is 0 Å². The van der Waals surface area contributed by atoms with Crippen molar-refractivity contribution in [3.05, 3.63) is 29.6 Å². The van der Waals surface area contributed by atoms with Gasteiger partial charge in [0.2, 0.25) is 0 Å². The van der Waals surface area contributed by atoms with Crippen molar-refractivity contribution in [2.24, 2.45) is 5.41 Å². The molecule has 1 N–H and O–H groups in total. The zero-order chi connectivity index (χ0) is 13.9. The highest BCUT2D eigenvalue weighted by molar-refractivity contribution is 5.49. The van der Waals surface area contributed by atoms with Crippen LogP contribution in [0.25, 0.3) is 0 Å². The van der Waals surface area contributed by atoms with E-state index in [1.165, 1.54) is 0 Å². The average molecular weight is 252 g/mol. The molecule has 1 unspecified atom stereocenters. The molecule has 0 aliphatic carbocycles. The fraction of sp³-hybridized carbons (Fsp3) is 0.600. The summed E-state index contributed by atoms with van der Waals surface area (Å²) in [5, 5.41) is 3.05. The largest absolute Gasteiger partial charge is 0.371 e. The van der Waals surface area contributed by atoms with Gasteiger partial charge in [-0.3, -0.25) is 0 Å². The number of hydrogen-bond donors (Lipinski definition) is 1. The van der Waals surface area contributed by atoms with Gasteiger partial charge in [0.1, 0.15) is 5.82 Å². The van der Waals surface area contributed by atoms with Crippen molar-refractivity contribution >= 4 is 5.69 Å². The van der Waals surface area contributed by atoms with E-state index in [0.29, 0.717) is 12.6 Å². The number of rotatable bonds is 4. The maximum atomic E-state index is 13.6. The zero-order valence-electron chi connectivity index (χ0n) is 12.3. The van der Waals surface area contributed by atoms with Gasteiger partial charge in [-0.15, -0.1) is 0 Å². The maximum Gasteiger partial charge on any atom is 0.125 e. The van der Waals surface area contributed by atoms with Crippen LogP contribution in [0.3, 0.4) is 0 Å². The normalized spacial score (nSPS) is 13.5. The lowest BCUT2D eigenvalue weighted by Gasteiger charge is -2.37. The van der Waals surface area contributed by atoms with Crippen LogP contribution in [0.5, 0.6) is 0 Å². The molecule has 2 nitrogen and oxygen atoms in total. The first-order chi connectivity index (χ1) is 8.25. The third-order valence-corrected chi connectivity index (χ3v) is 3.56. The molecule has 1 aromatic rings. The van der Waals surface area contributed by atoms with E-state index in [2.05, 4.69) is 37.9 Å². The van der Waals surface area contributed by atoms with Crippen molar-refractivity contribution in [3.63, 3.8) is 0 Å². The molecule has 0 amide bonds. The van der Waals surface area contributed by atoms with Crippen molar-refractivity contribution in [2.75, 3.05) is 19.0 Å². The molecule has 0 aliphatic rings. The fourth-order valence-electron chi connectivity index (χ4n) is 1.95. The Kier molecular flexibility index (Phi) is 4.74. The Morgan fingerprint density at radius 2 is 1.89 bits per heavy atom. The van der Waals surface area contributed by atoms with Crippen LogP contribution in [0.1, 0.15) is 33.3 Å². The number of nitrogens with one attached hydrogen (secondary N) is 1. The molecular formula is C15H25FN2. The van der Waals surface area contributed by atoms with Gasteiger partial charge in [-0.05, 0) is 43.1 Å². The summed E-state index contributed by atoms with van der Waals surface area (Å²) in [6, 6.07) is 5.56. The number of hydrogen-bond acceptors (Lipinski definition) is 2. The van der Waals surface area contributed by atoms with Crippen molar-refractivity contribution in [1.29, 1.82) is 0 Å². The lowest BCUT2D eigenvalue weighted by Crippen LogP contribution is -2.39. The average Bonchev–Trinajstić information content (AvgIpc) is 2.25. The molecule has 0 saturated carbocycles. The third-order valence-electron chi connectivity index (χ3n) is 3.56. The molecule has 0 bridgehead atoms. The smallest absolute Gasteiger partial charge is 0.125 e. The molecule has 0 spiro atoms. The Bertz CT molecular complexity index is 396. The summed E-state index contributed by atoms with van der Waals surface area (Å²) in [7, 11) is 3.89. The van der Waals surface area contributed by atoms with Gasteiger partial charge in [-0.2, -0.15) is 0 Å². The molecule has 0 fully saturated rings. The molecule has 0 aromatic heterocycles. The molecule has 0 heterocycles. The summed E-state index contributed by atoms with van der Waals surface area (Å²) in [6.45, 7) is 9.44. The second-order valence-electron chi connectivity index (χ2n) is 6.00. The van der Waals surface area contributed by atoms with Crippen LogP contribution in [0, 0.1) is 11.2 Å². The lowest BCUT2D eigenvalue weighted by atomic mass is 9.87. The van der Waals surface area contributed by atoms with E-state index in [0.717, 1.165) is 11.3 Å². The quantitative estimate of drug-likeness (QED) is 0.883. The maximum absolute atomic E-state index is 13.6. The number of halogens is 1. The van der Waals surface area contributed by atoms with Crippen LogP contribution < -0.4 is 10.2 Å². The lowest BCUT2D eigenvalue weighted by molar-refractivity contribution is 0.329. The van der Waals surface area contributed by atoms with E-state index in [9.17, 15) is 4.39 Å². The first-order valence-corrected chi connectivity index (χ1v) is 6.42. The van der Waals surface area contributed by atoms with Gasteiger partial charge in [0.25, 0.3) is 0 Å². The first-order valence-electron chi connectivity index (χ1n) is 6.42. The van der Waals surface area contributed by atoms with E-state index < -0.39 is 0 Å². The Labute approximate surface area is 110 Å². The molecular weight excluding hydrogens is 227 g/mol. The Morgan fingerprint density at radius 1 is 1.28 bits per heavy atom. The highest BCUT2D eigenvalue weighted by atomic mass is 19.1. The summed E-state index contributed by atoms with van der Waals surface area (Å²) < 4.78 is 13.6. The van der Waals surface area contributed by atoms with Gasteiger partial charge < -0.3 is 10.2 Å². The summed E-state index contributed by atoms with van der Waals surface area (Å²) in [5.74, 6) is -0.175. The van der Waals surface area contributed by atoms with Crippen LogP contribution >= 0.6 is 0 Å². The van der Waals surface area contributed by atoms with Crippen molar-refractivity contribution in [1.82, 2.24) is 5.32 Å². The van der Waals surface area contributed by atoms with Crippen LogP contribution in [-0.2, 0) is 6.54 Å². The molecule has 0 aliphatic heterocycles. The third kappa shape index (κ3) is 3.70. The Morgan fingerprint density at radius 3 is 2.39 bits per heavy atom. The molecule has 18 heavy (non-hydrogen) atoms. The van der Waals surface area contributed by atoms with E-state index >= 15 is 0 Å². The molecule has 0 radical (unpaired) electrons. The van der Waals surface area contributed by atoms with Crippen molar-refractivity contribution < 1.29 is 4.39 Å². The summed E-state index contributed by atoms with van der Waals surface area (Å²) in [5.41, 5.74) is 2.06. The van der Waals surface area contributed by atoms with Crippen LogP contribution in [0.15, 0.2) is 18.2 Å². The van der Waals surface area contributed by atoms with Gasteiger partial charge in [0.05, 0.1) is 0 Å². The molecule has 1 atom stereocenters. The molecule has 0 saturated heterocycles. The van der Waals surface area contributed by atoms with Crippen molar-refractivity contribution in [2.45, 2.75) is 40.3 Å². The van der Waals surface area contributed by atoms with Gasteiger partial charge >= 0.3 is 0 Å². The van der Waals surface area contributed by atoms with E-state index in [1.54, 1.807) is 12.1 Å². The zero-order valence-corrected chi connectivity index (χ0v) is 12.3. The minimum Gasteiger partial charge on any atom is -0.371 e. The minimum atomic E-state index is -0.175. The van der Waals surface area contributed by atoms with Gasteiger partial charge in [0.15, 0.2) is 0 Å². The number of nitrogens with zero attached hydrogens (tertiary/aromatic N) is 1. The van der Waals surface area contributed by atoms with E-state index in [-0.39, 0.29) is 11.2 Å². The first kappa shape index (κ1) is 15.0. The molecule has 102 valence electrons. The van der Waals surface area contributed by atoms with Crippen molar-refractivity contribution in [3.8, 4) is 0 Å². The summed E-state index contributed by atoms with van der Waals surface area (Å²) in [4.78, 5) is 2.14. The monoisotopic (exact) mass is 252 g/mol. The topological polar surface area (TPSA) is 15.3 Å². The fourth-order valence-corrected chi connectivity index (χ4v) is 1.95. The standard InChI is InChI=1S/C15H25FN2/c1-11(15(2,3)4)18(6)14-8-12(10-17-5)7-13(16)9-14/h7-9,11,17H,10H2,1-6H3. The molecule has 1 aromatic carbocycles. The molecule has 3 heteroatoms. The predicted molar refractivity (Wildman–Crippen MR) is 76.5 cm³/mol. The Balaban J connectivity index is 3.01. The number of anilines is 1.